The minimum atomic E-state index is -0.460. The number of aryl methyl sites for hydroxylation is 1. The van der Waals surface area contributed by atoms with Crippen molar-refractivity contribution in [1.29, 1.82) is 0 Å². The first kappa shape index (κ1) is 11.6. The lowest BCUT2D eigenvalue weighted by atomic mass is 10.3. The molecule has 1 aromatic heterocycles. The van der Waals surface area contributed by atoms with Gasteiger partial charge in [-0.3, -0.25) is 15.2 Å². The summed E-state index contributed by atoms with van der Waals surface area (Å²) < 4.78 is 0.815. The number of aromatic amines is 1. The van der Waals surface area contributed by atoms with Gasteiger partial charge in [-0.2, -0.15) is 0 Å². The molecule has 88 valence electrons. The Balaban J connectivity index is 2.37. The van der Waals surface area contributed by atoms with Crippen molar-refractivity contribution in [2.75, 3.05) is 5.32 Å². The second-order valence-electron chi connectivity index (χ2n) is 3.41. The van der Waals surface area contributed by atoms with Gasteiger partial charge in [0.05, 0.1) is 10.6 Å². The summed E-state index contributed by atoms with van der Waals surface area (Å²) in [6.07, 6.45) is 0. The fourth-order valence-electron chi connectivity index (χ4n) is 1.42. The molecule has 0 fully saturated rings. The van der Waals surface area contributed by atoms with E-state index in [4.69, 9.17) is 0 Å². The highest BCUT2D eigenvalue weighted by Crippen LogP contribution is 2.31. The molecule has 6 nitrogen and oxygen atoms in total. The van der Waals surface area contributed by atoms with Crippen molar-refractivity contribution in [1.82, 2.24) is 10.2 Å². The maximum Gasteiger partial charge on any atom is 0.333 e. The number of hydrogen-bond donors (Lipinski definition) is 2. The average Bonchev–Trinajstić information content (AvgIpc) is 2.63. The molecule has 0 aliphatic carbocycles. The second kappa shape index (κ2) is 4.54. The zero-order valence-corrected chi connectivity index (χ0v) is 10.5. The lowest BCUT2D eigenvalue weighted by Crippen LogP contribution is -1.96. The molecule has 0 aliphatic heterocycles. The fourth-order valence-corrected chi connectivity index (χ4v) is 1.81. The van der Waals surface area contributed by atoms with E-state index >= 15 is 0 Å². The van der Waals surface area contributed by atoms with Crippen LogP contribution in [0.1, 0.15) is 5.69 Å². The van der Waals surface area contributed by atoms with Crippen molar-refractivity contribution < 1.29 is 4.92 Å². The Kier molecular flexibility index (Phi) is 3.10. The Hall–Kier alpha value is -1.89. The van der Waals surface area contributed by atoms with Gasteiger partial charge >= 0.3 is 5.69 Å². The van der Waals surface area contributed by atoms with E-state index in [1.165, 1.54) is 0 Å². The summed E-state index contributed by atoms with van der Waals surface area (Å²) in [5.41, 5.74) is 1.10. The minimum Gasteiger partial charge on any atom is -0.332 e. The van der Waals surface area contributed by atoms with Crippen LogP contribution in [0.15, 0.2) is 28.7 Å². The van der Waals surface area contributed by atoms with Gasteiger partial charge in [0.15, 0.2) is 0 Å². The van der Waals surface area contributed by atoms with Crippen LogP contribution in [0.25, 0.3) is 0 Å². The largest absolute Gasteiger partial charge is 0.333 e. The predicted molar refractivity (Wildman–Crippen MR) is 67.4 cm³/mol. The first-order valence-electron chi connectivity index (χ1n) is 4.80. The number of anilines is 2. The number of H-pyrrole nitrogens is 1. The molecule has 2 N–H and O–H groups in total. The Morgan fingerprint density at radius 1 is 1.47 bits per heavy atom. The normalized spacial score (nSPS) is 10.2. The van der Waals surface area contributed by atoms with E-state index in [1.807, 2.05) is 18.2 Å². The zero-order chi connectivity index (χ0) is 12.4. The topological polar surface area (TPSA) is 83.8 Å². The van der Waals surface area contributed by atoms with Crippen LogP contribution in [0.5, 0.6) is 0 Å². The summed E-state index contributed by atoms with van der Waals surface area (Å²) >= 11 is 3.35. The van der Waals surface area contributed by atoms with Gasteiger partial charge < -0.3 is 5.32 Å². The molecule has 2 rings (SSSR count). The third kappa shape index (κ3) is 2.28. The van der Waals surface area contributed by atoms with Crippen molar-refractivity contribution in [3.05, 3.63) is 44.5 Å². The number of hydrogen-bond acceptors (Lipinski definition) is 4. The lowest BCUT2D eigenvalue weighted by molar-refractivity contribution is -0.384. The van der Waals surface area contributed by atoms with E-state index < -0.39 is 4.92 Å². The van der Waals surface area contributed by atoms with E-state index in [0.29, 0.717) is 5.69 Å². The molecular weight excluding hydrogens is 288 g/mol. The molecule has 0 bridgehead atoms. The lowest BCUT2D eigenvalue weighted by Gasteiger charge is -2.04. The molecular formula is C10H9BrN4O2. The van der Waals surface area contributed by atoms with Crippen molar-refractivity contribution in [3.8, 4) is 0 Å². The van der Waals surface area contributed by atoms with E-state index in [0.717, 1.165) is 10.2 Å². The quantitative estimate of drug-likeness (QED) is 0.673. The predicted octanol–water partition coefficient (Wildman–Crippen LogP) is 3.13. The molecule has 0 aliphatic rings. The molecule has 0 unspecified atom stereocenters. The Morgan fingerprint density at radius 2 is 2.18 bits per heavy atom. The van der Waals surface area contributed by atoms with Crippen LogP contribution in [-0.2, 0) is 0 Å². The van der Waals surface area contributed by atoms with Crippen molar-refractivity contribution >= 4 is 33.1 Å². The summed E-state index contributed by atoms with van der Waals surface area (Å²) in [5.74, 6) is 0.208. The average molecular weight is 297 g/mol. The standard InChI is InChI=1S/C10H9BrN4O2/c1-6-9(15(16)17)10(14-13-6)12-8-5-3-2-4-7(8)11/h2-5H,1H3,(H2,12,13,14). The Bertz CT molecular complexity index is 567. The summed E-state index contributed by atoms with van der Waals surface area (Å²) in [5, 5.41) is 20.2. The second-order valence-corrected chi connectivity index (χ2v) is 4.26. The SMILES string of the molecule is Cc1[nH]nc(Nc2ccccc2Br)c1[N+](=O)[O-]. The number of nitrogens with zero attached hydrogens (tertiary/aromatic N) is 2. The first-order valence-corrected chi connectivity index (χ1v) is 5.60. The monoisotopic (exact) mass is 296 g/mol. The van der Waals surface area contributed by atoms with Gasteiger partial charge in [0.1, 0.15) is 5.69 Å². The minimum absolute atomic E-state index is 0.0410. The molecule has 0 atom stereocenters. The molecule has 17 heavy (non-hydrogen) atoms. The van der Waals surface area contributed by atoms with Gasteiger partial charge in [0, 0.05) is 4.47 Å². The molecule has 0 amide bonds. The number of para-hydroxylation sites is 1. The molecule has 0 saturated carbocycles. The summed E-state index contributed by atoms with van der Waals surface area (Å²) in [7, 11) is 0. The number of rotatable bonds is 3. The zero-order valence-electron chi connectivity index (χ0n) is 8.90. The highest BCUT2D eigenvalue weighted by atomic mass is 79.9. The van der Waals surface area contributed by atoms with E-state index in [1.54, 1.807) is 13.0 Å². The third-order valence-corrected chi connectivity index (χ3v) is 2.92. The van der Waals surface area contributed by atoms with Crippen LogP contribution in [-0.4, -0.2) is 15.1 Å². The van der Waals surface area contributed by atoms with Gasteiger partial charge in [-0.25, -0.2) is 0 Å². The molecule has 1 aromatic carbocycles. The van der Waals surface area contributed by atoms with Crippen LogP contribution in [0, 0.1) is 17.0 Å². The van der Waals surface area contributed by atoms with Crippen molar-refractivity contribution in [2.45, 2.75) is 6.92 Å². The Morgan fingerprint density at radius 3 is 2.82 bits per heavy atom. The summed E-state index contributed by atoms with van der Waals surface area (Å²) in [6.45, 7) is 1.61. The number of benzene rings is 1. The maximum atomic E-state index is 10.9. The van der Waals surface area contributed by atoms with Crippen LogP contribution >= 0.6 is 15.9 Å². The number of aromatic nitrogens is 2. The highest BCUT2D eigenvalue weighted by molar-refractivity contribution is 9.10. The number of nitrogens with one attached hydrogen (secondary N) is 2. The fraction of sp³-hybridized carbons (Fsp3) is 0.100. The van der Waals surface area contributed by atoms with Crippen LogP contribution in [0.2, 0.25) is 0 Å². The molecule has 7 heteroatoms. The van der Waals surface area contributed by atoms with Crippen molar-refractivity contribution in [2.24, 2.45) is 0 Å². The summed E-state index contributed by atoms with van der Waals surface area (Å²) in [6, 6.07) is 7.34. The number of halogens is 1. The molecule has 0 saturated heterocycles. The molecule has 0 spiro atoms. The van der Waals surface area contributed by atoms with E-state index in [-0.39, 0.29) is 11.5 Å². The molecule has 2 aromatic rings. The van der Waals surface area contributed by atoms with E-state index in [2.05, 4.69) is 31.4 Å². The third-order valence-electron chi connectivity index (χ3n) is 2.22. The van der Waals surface area contributed by atoms with Gasteiger partial charge in [-0.05, 0) is 35.0 Å². The van der Waals surface area contributed by atoms with Gasteiger partial charge in [-0.1, -0.05) is 12.1 Å². The Labute approximate surface area is 105 Å². The molecule has 1 heterocycles. The molecule has 0 radical (unpaired) electrons. The van der Waals surface area contributed by atoms with Crippen LogP contribution < -0.4 is 5.32 Å². The van der Waals surface area contributed by atoms with Crippen LogP contribution in [0.4, 0.5) is 17.2 Å². The van der Waals surface area contributed by atoms with Crippen molar-refractivity contribution in [3.63, 3.8) is 0 Å². The van der Waals surface area contributed by atoms with Gasteiger partial charge in [0.25, 0.3) is 0 Å². The highest BCUT2D eigenvalue weighted by Gasteiger charge is 2.21. The smallest absolute Gasteiger partial charge is 0.332 e. The van der Waals surface area contributed by atoms with Gasteiger partial charge in [-0.15, -0.1) is 5.10 Å². The maximum absolute atomic E-state index is 10.9. The van der Waals surface area contributed by atoms with Crippen LogP contribution in [0.3, 0.4) is 0 Å². The van der Waals surface area contributed by atoms with Gasteiger partial charge in [0.2, 0.25) is 5.82 Å². The summed E-state index contributed by atoms with van der Waals surface area (Å²) in [4.78, 5) is 10.4. The van der Waals surface area contributed by atoms with E-state index in [9.17, 15) is 10.1 Å². The first-order chi connectivity index (χ1) is 8.09. The number of nitro groups is 1.